The van der Waals surface area contributed by atoms with Crippen molar-refractivity contribution >= 4 is 11.9 Å². The van der Waals surface area contributed by atoms with Crippen molar-refractivity contribution in [1.29, 1.82) is 0 Å². The Hall–Kier alpha value is -3.49. The van der Waals surface area contributed by atoms with Crippen LogP contribution in [0.1, 0.15) is 46.4 Å². The number of fused-ring (bicyclic) bond motifs is 1. The summed E-state index contributed by atoms with van der Waals surface area (Å²) in [6.07, 6.45) is 2.08. The molecule has 1 aliphatic carbocycles. The summed E-state index contributed by atoms with van der Waals surface area (Å²) in [5.74, 6) is 0.844. The first-order chi connectivity index (χ1) is 17.2. The zero-order valence-corrected chi connectivity index (χ0v) is 20.2. The van der Waals surface area contributed by atoms with Gasteiger partial charge in [0.25, 0.3) is 5.91 Å². The zero-order chi connectivity index (χ0) is 25.4. The fraction of sp³-hybridized carbons (Fsp3) is 0.407. The fourth-order valence-electron chi connectivity index (χ4n) is 5.54. The minimum atomic E-state index is -4.48. The maximum Gasteiger partial charge on any atom is 0.419 e. The summed E-state index contributed by atoms with van der Waals surface area (Å²) in [6.45, 7) is 4.94. The third kappa shape index (κ3) is 4.79. The Morgan fingerprint density at radius 3 is 2.53 bits per heavy atom. The Morgan fingerprint density at radius 1 is 1.06 bits per heavy atom. The molecule has 0 bridgehead atoms. The van der Waals surface area contributed by atoms with E-state index in [0.29, 0.717) is 30.5 Å². The van der Waals surface area contributed by atoms with E-state index in [1.54, 1.807) is 6.20 Å². The molecule has 1 N–H and O–H groups in total. The molecule has 3 atom stereocenters. The summed E-state index contributed by atoms with van der Waals surface area (Å²) >= 11 is 0. The van der Waals surface area contributed by atoms with E-state index in [1.165, 1.54) is 0 Å². The van der Waals surface area contributed by atoms with Crippen LogP contribution in [0.2, 0.25) is 0 Å². The third-order valence-corrected chi connectivity index (χ3v) is 7.38. The molecule has 1 aliphatic heterocycles. The number of nitrogens with one attached hydrogen (secondary N) is 1. The highest BCUT2D eigenvalue weighted by molar-refractivity contribution is 6.01. The predicted octanol–water partition coefficient (Wildman–Crippen LogP) is 5.53. The van der Waals surface area contributed by atoms with E-state index >= 15 is 0 Å². The van der Waals surface area contributed by atoms with E-state index in [2.05, 4.69) is 20.3 Å². The highest BCUT2D eigenvalue weighted by atomic mass is 19.4. The number of hydrogen-bond acceptors (Lipinski definition) is 5. The molecule has 1 saturated heterocycles. The van der Waals surface area contributed by atoms with Crippen LogP contribution in [0.5, 0.6) is 0 Å². The monoisotopic (exact) mass is 495 g/mol. The van der Waals surface area contributed by atoms with Gasteiger partial charge < -0.3 is 10.2 Å². The lowest BCUT2D eigenvalue weighted by Crippen LogP contribution is -2.42. The number of hydrogen-bond donors (Lipinski definition) is 1. The van der Waals surface area contributed by atoms with Gasteiger partial charge in [0.15, 0.2) is 0 Å². The minimum absolute atomic E-state index is 0.0381. The summed E-state index contributed by atoms with van der Waals surface area (Å²) in [7, 11) is 0. The van der Waals surface area contributed by atoms with Crippen molar-refractivity contribution in [2.75, 3.05) is 18.4 Å². The molecule has 1 aromatic carbocycles. The normalized spacial score (nSPS) is 21.5. The lowest BCUT2D eigenvalue weighted by molar-refractivity contribution is -0.138. The number of anilines is 1. The highest BCUT2D eigenvalue weighted by Gasteiger charge is 2.46. The summed E-state index contributed by atoms with van der Waals surface area (Å²) < 4.78 is 38.6. The molecule has 2 fully saturated rings. The summed E-state index contributed by atoms with van der Waals surface area (Å²) in [5.41, 5.74) is 3.37. The first-order valence-electron chi connectivity index (χ1n) is 12.2. The Morgan fingerprint density at radius 2 is 1.83 bits per heavy atom. The van der Waals surface area contributed by atoms with Crippen LogP contribution in [-0.4, -0.2) is 44.9 Å². The Balaban J connectivity index is 1.40. The molecule has 3 unspecified atom stereocenters. The molecule has 3 aromatic rings. The third-order valence-electron chi connectivity index (χ3n) is 7.38. The molecule has 9 heteroatoms. The van der Waals surface area contributed by atoms with E-state index < -0.39 is 11.7 Å². The number of pyridine rings is 1. The standard InChI is InChI=1S/C27H28F3N5O/c1-16-6-9-21(18-8-7-17(2)31-11-18)23(10-16)25(36)35-15-19-4-3-5-22(19)24(35)14-34-26-32-12-20(13-33-26)27(28,29)30/h6-13,19,22,24H,3-5,14-15H2,1-2H3,(H,32,33,34). The van der Waals surface area contributed by atoms with Crippen LogP contribution in [0.25, 0.3) is 11.1 Å². The summed E-state index contributed by atoms with van der Waals surface area (Å²) in [6, 6.07) is 9.69. The van der Waals surface area contributed by atoms with Crippen LogP contribution >= 0.6 is 0 Å². The smallest absolute Gasteiger partial charge is 0.352 e. The van der Waals surface area contributed by atoms with E-state index in [1.807, 2.05) is 49.1 Å². The number of carbonyl (C=O) groups excluding carboxylic acids is 1. The quantitative estimate of drug-likeness (QED) is 0.504. The van der Waals surface area contributed by atoms with Gasteiger partial charge in [0.1, 0.15) is 0 Å². The van der Waals surface area contributed by atoms with Crippen molar-refractivity contribution in [3.05, 3.63) is 71.3 Å². The second kappa shape index (κ2) is 9.52. The van der Waals surface area contributed by atoms with Crippen LogP contribution in [0.4, 0.5) is 19.1 Å². The van der Waals surface area contributed by atoms with Gasteiger partial charge in [0.2, 0.25) is 5.95 Å². The van der Waals surface area contributed by atoms with Crippen LogP contribution in [0, 0.1) is 25.7 Å². The Labute approximate surface area is 208 Å². The number of alkyl halides is 3. The van der Waals surface area contributed by atoms with Crippen LogP contribution < -0.4 is 5.32 Å². The molecule has 6 nitrogen and oxygen atoms in total. The molecule has 0 radical (unpaired) electrons. The number of halogens is 3. The molecule has 0 spiro atoms. The predicted molar refractivity (Wildman–Crippen MR) is 130 cm³/mol. The first-order valence-corrected chi connectivity index (χ1v) is 12.2. The number of likely N-dealkylation sites (tertiary alicyclic amines) is 1. The van der Waals surface area contributed by atoms with Gasteiger partial charge in [-0.1, -0.05) is 30.2 Å². The average molecular weight is 496 g/mol. The SMILES string of the molecule is Cc1ccc(-c2ccc(C)nc2)c(C(=O)N2CC3CCCC3C2CNc2ncc(C(F)(F)F)cn2)c1. The molecule has 2 aliphatic rings. The number of aromatic nitrogens is 3. The van der Waals surface area contributed by atoms with E-state index in [0.717, 1.165) is 54.0 Å². The number of amides is 1. The van der Waals surface area contributed by atoms with E-state index in [4.69, 9.17) is 0 Å². The average Bonchev–Trinajstić information content (AvgIpc) is 3.44. The highest BCUT2D eigenvalue weighted by Crippen LogP contribution is 2.43. The molecular weight excluding hydrogens is 467 g/mol. The van der Waals surface area contributed by atoms with Crippen molar-refractivity contribution in [3.8, 4) is 11.1 Å². The van der Waals surface area contributed by atoms with Crippen molar-refractivity contribution in [2.45, 2.75) is 45.3 Å². The molecular formula is C27H28F3N5O. The molecule has 5 rings (SSSR count). The van der Waals surface area contributed by atoms with Gasteiger partial charge in [-0.25, -0.2) is 9.97 Å². The van der Waals surface area contributed by atoms with Crippen molar-refractivity contribution in [3.63, 3.8) is 0 Å². The number of aryl methyl sites for hydroxylation is 2. The van der Waals surface area contributed by atoms with Crippen molar-refractivity contribution in [1.82, 2.24) is 19.9 Å². The first kappa shape index (κ1) is 24.2. The van der Waals surface area contributed by atoms with Crippen LogP contribution in [0.15, 0.2) is 48.9 Å². The van der Waals surface area contributed by atoms with Gasteiger partial charge in [-0.05, 0) is 56.2 Å². The molecule has 188 valence electrons. The Kier molecular flexibility index (Phi) is 6.40. The summed E-state index contributed by atoms with van der Waals surface area (Å²) in [4.78, 5) is 28.0. The molecule has 36 heavy (non-hydrogen) atoms. The van der Waals surface area contributed by atoms with Crippen LogP contribution in [0.3, 0.4) is 0 Å². The minimum Gasteiger partial charge on any atom is -0.352 e. The molecule has 2 aromatic heterocycles. The zero-order valence-electron chi connectivity index (χ0n) is 20.2. The van der Waals surface area contributed by atoms with Gasteiger partial charge >= 0.3 is 6.18 Å². The van der Waals surface area contributed by atoms with Crippen molar-refractivity contribution < 1.29 is 18.0 Å². The second-order valence-corrected chi connectivity index (χ2v) is 9.79. The molecule has 1 amide bonds. The summed E-state index contributed by atoms with van der Waals surface area (Å²) in [5, 5.41) is 3.08. The number of rotatable bonds is 5. The topological polar surface area (TPSA) is 71.0 Å². The number of carbonyl (C=O) groups is 1. The van der Waals surface area contributed by atoms with E-state index in [9.17, 15) is 18.0 Å². The van der Waals surface area contributed by atoms with Crippen molar-refractivity contribution in [2.24, 2.45) is 11.8 Å². The van der Waals surface area contributed by atoms with Gasteiger partial charge in [-0.15, -0.1) is 0 Å². The Bertz CT molecular complexity index is 1240. The lowest BCUT2D eigenvalue weighted by Gasteiger charge is -2.29. The largest absolute Gasteiger partial charge is 0.419 e. The fourth-order valence-corrected chi connectivity index (χ4v) is 5.54. The second-order valence-electron chi connectivity index (χ2n) is 9.79. The van der Waals surface area contributed by atoms with Gasteiger partial charge in [-0.3, -0.25) is 9.78 Å². The number of nitrogens with zero attached hydrogens (tertiary/aromatic N) is 4. The maximum atomic E-state index is 14.0. The van der Waals surface area contributed by atoms with Gasteiger partial charge in [0.05, 0.1) is 11.6 Å². The maximum absolute atomic E-state index is 14.0. The lowest BCUT2D eigenvalue weighted by atomic mass is 9.93. The molecule has 1 saturated carbocycles. The van der Waals surface area contributed by atoms with Gasteiger partial charge in [0, 0.05) is 48.5 Å². The number of benzene rings is 1. The van der Waals surface area contributed by atoms with Gasteiger partial charge in [-0.2, -0.15) is 13.2 Å². The van der Waals surface area contributed by atoms with E-state index in [-0.39, 0.29) is 17.9 Å². The van der Waals surface area contributed by atoms with Crippen LogP contribution in [-0.2, 0) is 6.18 Å². The molecule has 3 heterocycles.